The topological polar surface area (TPSA) is 50.4 Å². The molecule has 2 aromatic carbocycles. The van der Waals surface area contributed by atoms with Gasteiger partial charge in [-0.1, -0.05) is 18.2 Å². The third-order valence-electron chi connectivity index (χ3n) is 2.45. The fraction of sp³-hybridized carbons (Fsp3) is 0.0714. The highest BCUT2D eigenvalue weighted by molar-refractivity contribution is 5.99. The van der Waals surface area contributed by atoms with Crippen LogP contribution in [0.3, 0.4) is 0 Å². The van der Waals surface area contributed by atoms with Gasteiger partial charge in [0.05, 0.1) is 12.8 Å². The Labute approximate surface area is 110 Å². The Kier molecular flexibility index (Phi) is 3.97. The maximum atomic E-state index is 13.3. The third kappa shape index (κ3) is 3.45. The van der Waals surface area contributed by atoms with Gasteiger partial charge in [0.2, 0.25) is 0 Å². The molecule has 19 heavy (non-hydrogen) atoms. The molecule has 2 N–H and O–H groups in total. The summed E-state index contributed by atoms with van der Waals surface area (Å²) in [5.41, 5.74) is 0.691. The van der Waals surface area contributed by atoms with Crippen LogP contribution in [0.25, 0.3) is 0 Å². The van der Waals surface area contributed by atoms with Gasteiger partial charge in [0.15, 0.2) is 0 Å². The Morgan fingerprint density at radius 2 is 1.89 bits per heavy atom. The molecule has 0 aliphatic carbocycles. The monoisotopic (exact) mass is 260 g/mol. The highest BCUT2D eigenvalue weighted by atomic mass is 19.1. The molecule has 0 aliphatic rings. The van der Waals surface area contributed by atoms with E-state index in [1.54, 1.807) is 43.5 Å². The molecule has 0 saturated heterocycles. The number of methoxy groups -OCH3 is 1. The van der Waals surface area contributed by atoms with E-state index in [9.17, 15) is 9.18 Å². The lowest BCUT2D eigenvalue weighted by atomic mass is 10.3. The molecule has 5 heteroatoms. The van der Waals surface area contributed by atoms with Gasteiger partial charge in [-0.3, -0.25) is 0 Å². The average molecular weight is 260 g/mol. The van der Waals surface area contributed by atoms with Crippen molar-refractivity contribution in [3.8, 4) is 5.75 Å². The number of hydrogen-bond donors (Lipinski definition) is 2. The molecule has 2 amide bonds. The van der Waals surface area contributed by atoms with Gasteiger partial charge in [-0.15, -0.1) is 0 Å². The molecule has 0 bridgehead atoms. The summed E-state index contributed by atoms with van der Waals surface area (Å²) in [5, 5.41) is 5.03. The normalized spacial score (nSPS) is 9.79. The Morgan fingerprint density at radius 1 is 1.11 bits per heavy atom. The Balaban J connectivity index is 2.03. The molecule has 0 saturated carbocycles. The second-order valence-electron chi connectivity index (χ2n) is 3.79. The smallest absolute Gasteiger partial charge is 0.323 e. The number of amides is 2. The molecule has 0 aromatic heterocycles. The summed E-state index contributed by atoms with van der Waals surface area (Å²) in [7, 11) is 1.54. The Morgan fingerprint density at radius 3 is 2.63 bits per heavy atom. The van der Waals surface area contributed by atoms with E-state index in [1.165, 1.54) is 12.1 Å². The van der Waals surface area contributed by atoms with E-state index >= 15 is 0 Å². The highest BCUT2D eigenvalue weighted by Crippen LogP contribution is 2.17. The van der Waals surface area contributed by atoms with E-state index in [-0.39, 0.29) is 5.69 Å². The van der Waals surface area contributed by atoms with E-state index in [2.05, 4.69) is 10.6 Å². The molecule has 0 fully saturated rings. The first-order valence-corrected chi connectivity index (χ1v) is 5.65. The van der Waals surface area contributed by atoms with Crippen molar-refractivity contribution in [2.24, 2.45) is 0 Å². The van der Waals surface area contributed by atoms with Crippen molar-refractivity contribution in [3.05, 3.63) is 54.3 Å². The number of ether oxygens (including phenoxy) is 1. The van der Waals surface area contributed by atoms with Crippen LogP contribution < -0.4 is 15.4 Å². The lowest BCUT2D eigenvalue weighted by molar-refractivity contribution is 0.262. The Hall–Kier alpha value is -2.56. The minimum absolute atomic E-state index is 0.128. The van der Waals surface area contributed by atoms with Crippen LogP contribution in [-0.2, 0) is 0 Å². The van der Waals surface area contributed by atoms with Crippen molar-refractivity contribution >= 4 is 17.4 Å². The summed E-state index contributed by atoms with van der Waals surface area (Å²) in [6.45, 7) is 0. The van der Waals surface area contributed by atoms with Crippen molar-refractivity contribution in [1.82, 2.24) is 0 Å². The van der Waals surface area contributed by atoms with Crippen molar-refractivity contribution in [1.29, 1.82) is 0 Å². The standard InChI is InChI=1S/C14H13FN2O2/c1-19-11-6-4-5-10(9-11)16-14(18)17-13-8-3-2-7-12(13)15/h2-9H,1H3,(H2,16,17,18). The van der Waals surface area contributed by atoms with Crippen molar-refractivity contribution in [3.63, 3.8) is 0 Å². The number of para-hydroxylation sites is 1. The van der Waals surface area contributed by atoms with Gasteiger partial charge in [-0.25, -0.2) is 9.18 Å². The fourth-order valence-electron chi connectivity index (χ4n) is 1.55. The Bertz CT molecular complexity index is 587. The van der Waals surface area contributed by atoms with Crippen LogP contribution in [-0.4, -0.2) is 13.1 Å². The van der Waals surface area contributed by atoms with Gasteiger partial charge in [0.25, 0.3) is 0 Å². The van der Waals surface area contributed by atoms with Gasteiger partial charge in [-0.05, 0) is 24.3 Å². The van der Waals surface area contributed by atoms with Crippen LogP contribution in [0.5, 0.6) is 5.75 Å². The van der Waals surface area contributed by atoms with E-state index < -0.39 is 11.8 Å². The van der Waals surface area contributed by atoms with Gasteiger partial charge >= 0.3 is 6.03 Å². The van der Waals surface area contributed by atoms with Gasteiger partial charge in [0, 0.05) is 11.8 Å². The summed E-state index contributed by atoms with van der Waals surface area (Å²) in [6, 6.07) is 12.3. The zero-order valence-corrected chi connectivity index (χ0v) is 10.3. The van der Waals surface area contributed by atoms with Gasteiger partial charge in [0.1, 0.15) is 11.6 Å². The number of anilines is 2. The van der Waals surface area contributed by atoms with E-state index in [1.807, 2.05) is 0 Å². The second kappa shape index (κ2) is 5.86. The molecule has 0 heterocycles. The van der Waals surface area contributed by atoms with E-state index in [0.29, 0.717) is 11.4 Å². The number of nitrogens with one attached hydrogen (secondary N) is 2. The van der Waals surface area contributed by atoms with E-state index in [4.69, 9.17) is 4.74 Å². The first kappa shape index (κ1) is 12.9. The van der Waals surface area contributed by atoms with Crippen LogP contribution in [0.4, 0.5) is 20.6 Å². The van der Waals surface area contributed by atoms with Crippen molar-refractivity contribution in [2.75, 3.05) is 17.7 Å². The number of carbonyl (C=O) groups is 1. The number of hydrogen-bond acceptors (Lipinski definition) is 2. The molecular formula is C14H13FN2O2. The summed E-state index contributed by atoms with van der Waals surface area (Å²) < 4.78 is 18.4. The third-order valence-corrected chi connectivity index (χ3v) is 2.45. The van der Waals surface area contributed by atoms with Crippen molar-refractivity contribution in [2.45, 2.75) is 0 Å². The SMILES string of the molecule is COc1cccc(NC(=O)Nc2ccccc2F)c1. The molecule has 0 aliphatic heterocycles. The number of halogens is 1. The van der Waals surface area contributed by atoms with Gasteiger partial charge < -0.3 is 15.4 Å². The van der Waals surface area contributed by atoms with Crippen molar-refractivity contribution < 1.29 is 13.9 Å². The predicted molar refractivity (Wildman–Crippen MR) is 72.0 cm³/mol. The van der Waals surface area contributed by atoms with Gasteiger partial charge in [-0.2, -0.15) is 0 Å². The van der Waals surface area contributed by atoms with Crippen LogP contribution in [0.2, 0.25) is 0 Å². The molecular weight excluding hydrogens is 247 g/mol. The number of rotatable bonds is 3. The van der Waals surface area contributed by atoms with Crippen LogP contribution >= 0.6 is 0 Å². The molecule has 0 radical (unpaired) electrons. The summed E-state index contributed by atoms with van der Waals surface area (Å²) >= 11 is 0. The quantitative estimate of drug-likeness (QED) is 0.887. The minimum atomic E-state index is -0.515. The maximum Gasteiger partial charge on any atom is 0.323 e. The maximum absolute atomic E-state index is 13.3. The number of benzene rings is 2. The molecule has 0 atom stereocenters. The van der Waals surface area contributed by atoms with Crippen LogP contribution in [0.15, 0.2) is 48.5 Å². The molecule has 4 nitrogen and oxygen atoms in total. The van der Waals surface area contributed by atoms with Crippen LogP contribution in [0, 0.1) is 5.82 Å². The summed E-state index contributed by atoms with van der Waals surface area (Å²) in [5.74, 6) is 0.145. The predicted octanol–water partition coefficient (Wildman–Crippen LogP) is 3.48. The summed E-state index contributed by atoms with van der Waals surface area (Å²) in [6.07, 6.45) is 0. The van der Waals surface area contributed by atoms with Crippen LogP contribution in [0.1, 0.15) is 0 Å². The molecule has 2 aromatic rings. The first-order chi connectivity index (χ1) is 9.19. The fourth-order valence-corrected chi connectivity index (χ4v) is 1.55. The average Bonchev–Trinajstić information content (AvgIpc) is 2.41. The largest absolute Gasteiger partial charge is 0.497 e. The first-order valence-electron chi connectivity index (χ1n) is 5.65. The second-order valence-corrected chi connectivity index (χ2v) is 3.79. The molecule has 98 valence electrons. The molecule has 2 rings (SSSR count). The minimum Gasteiger partial charge on any atom is -0.497 e. The number of carbonyl (C=O) groups excluding carboxylic acids is 1. The summed E-state index contributed by atoms with van der Waals surface area (Å²) in [4.78, 5) is 11.7. The molecule has 0 spiro atoms. The zero-order valence-electron chi connectivity index (χ0n) is 10.3. The number of urea groups is 1. The zero-order chi connectivity index (χ0) is 13.7. The van der Waals surface area contributed by atoms with E-state index in [0.717, 1.165) is 0 Å². The lowest BCUT2D eigenvalue weighted by Crippen LogP contribution is -2.20. The lowest BCUT2D eigenvalue weighted by Gasteiger charge is -2.09. The highest BCUT2D eigenvalue weighted by Gasteiger charge is 2.06. The molecule has 0 unspecified atom stereocenters.